The third-order valence-corrected chi connectivity index (χ3v) is 9.24. The van der Waals surface area contributed by atoms with Crippen LogP contribution in [0.1, 0.15) is 5.56 Å². The highest BCUT2D eigenvalue weighted by molar-refractivity contribution is 5.88. The summed E-state index contributed by atoms with van der Waals surface area (Å²) in [5, 5.41) is 93.3. The topological polar surface area (TPSA) is 328 Å². The number of esters is 1. The van der Waals surface area contributed by atoms with Gasteiger partial charge >= 0.3 is 17.9 Å². The first kappa shape index (κ1) is 42.2. The second-order valence-corrected chi connectivity index (χ2v) is 13.1. The van der Waals surface area contributed by atoms with Crippen molar-refractivity contribution in [2.24, 2.45) is 0 Å². The number of carboxylic acid groups (broad SMARTS) is 2. The van der Waals surface area contributed by atoms with Crippen molar-refractivity contribution in [2.75, 3.05) is 14.2 Å². The first-order chi connectivity index (χ1) is 28.0. The molecule has 59 heavy (non-hydrogen) atoms. The fraction of sp³-hybridized carbons (Fsp3) is 0.316. The van der Waals surface area contributed by atoms with E-state index < -0.39 is 96.2 Å². The Bertz CT molecular complexity index is 2320. The van der Waals surface area contributed by atoms with Gasteiger partial charge in [-0.05, 0) is 42.0 Å². The fourth-order valence-electron chi connectivity index (χ4n) is 6.27. The van der Waals surface area contributed by atoms with Crippen molar-refractivity contribution in [3.8, 4) is 45.8 Å². The average molecular weight is 829 g/mol. The van der Waals surface area contributed by atoms with E-state index in [-0.39, 0.29) is 45.3 Å². The molecule has 0 amide bonds. The van der Waals surface area contributed by atoms with Gasteiger partial charge in [0.2, 0.25) is 6.29 Å². The van der Waals surface area contributed by atoms with Crippen LogP contribution in [0.5, 0.6) is 34.5 Å². The molecule has 2 saturated heterocycles. The van der Waals surface area contributed by atoms with Gasteiger partial charge in [-0.25, -0.2) is 14.4 Å². The van der Waals surface area contributed by atoms with Crippen LogP contribution in [0, 0.1) is 0 Å². The summed E-state index contributed by atoms with van der Waals surface area (Å²) in [6.45, 7) is 0. The summed E-state index contributed by atoms with van der Waals surface area (Å²) in [6, 6.07) is 11.1. The van der Waals surface area contributed by atoms with Crippen LogP contribution in [0.15, 0.2) is 69.9 Å². The van der Waals surface area contributed by atoms with E-state index in [9.17, 15) is 65.1 Å². The Kier molecular flexibility index (Phi) is 12.3. The van der Waals surface area contributed by atoms with Crippen LogP contribution in [0.25, 0.3) is 28.4 Å². The van der Waals surface area contributed by atoms with Gasteiger partial charge in [-0.1, -0.05) is 6.07 Å². The largest absolute Gasteiger partial charge is 0.507 e. The molecule has 21 nitrogen and oxygen atoms in total. The number of carbonyl (C=O) groups excluding carboxylic acids is 1. The van der Waals surface area contributed by atoms with Crippen molar-refractivity contribution in [1.29, 1.82) is 0 Å². The lowest BCUT2D eigenvalue weighted by Crippen LogP contribution is -2.66. The Hall–Kier alpha value is -6.46. The van der Waals surface area contributed by atoms with Crippen molar-refractivity contribution < 1.29 is 97.9 Å². The molecule has 0 radical (unpaired) electrons. The lowest BCUT2D eigenvalue weighted by Gasteiger charge is -2.45. The number of aliphatic hydroxyl groups is 4. The van der Waals surface area contributed by atoms with Crippen molar-refractivity contribution in [3.05, 3.63) is 76.5 Å². The molecule has 4 aromatic rings. The summed E-state index contributed by atoms with van der Waals surface area (Å²) >= 11 is 0. The molecule has 1 aromatic heterocycles. The van der Waals surface area contributed by atoms with E-state index in [1.54, 1.807) is 0 Å². The molecule has 10 atom stereocenters. The van der Waals surface area contributed by atoms with Crippen LogP contribution >= 0.6 is 0 Å². The van der Waals surface area contributed by atoms with Gasteiger partial charge in [-0.2, -0.15) is 0 Å². The Morgan fingerprint density at radius 3 is 1.92 bits per heavy atom. The second kappa shape index (κ2) is 17.2. The maximum absolute atomic E-state index is 13.1. The minimum Gasteiger partial charge on any atom is -0.507 e. The number of aliphatic carboxylic acids is 2. The monoisotopic (exact) mass is 828 g/mol. The van der Waals surface area contributed by atoms with Crippen molar-refractivity contribution in [2.45, 2.75) is 61.4 Å². The first-order valence-electron chi connectivity index (χ1n) is 17.3. The highest BCUT2D eigenvalue weighted by Gasteiger charge is 2.55. The van der Waals surface area contributed by atoms with Crippen LogP contribution in [0.4, 0.5) is 0 Å². The van der Waals surface area contributed by atoms with Gasteiger partial charge in [-0.3, -0.25) is 4.79 Å². The highest BCUT2D eigenvalue weighted by Crippen LogP contribution is 2.37. The number of hydrogen-bond donors (Lipinski definition) is 9. The standard InChI is InChI=1S/C38H36O21/c1-52-22-9-14(3-6-17(22)39)4-8-25(43)56-33-29(46)27(44)32(36(50)51)58-38(33)59-34-30(47)28(45)31(35(48)49)57-37(34)54-16-11-19(41)26-20(42)13-21(55-24(26)12-16)15-5-7-18(40)23(10-15)53-2/h3-13,27-34,37-41,44-47H,1-2H3,(H,48,49)(H,50,51)/t27-,28-,29-,30-,31-,32-,33+,34+,37+,38-/m0/s1. The third kappa shape index (κ3) is 8.71. The zero-order valence-corrected chi connectivity index (χ0v) is 30.5. The number of hydrogen-bond acceptors (Lipinski definition) is 19. The van der Waals surface area contributed by atoms with E-state index in [2.05, 4.69) is 0 Å². The van der Waals surface area contributed by atoms with Gasteiger partial charge in [0.25, 0.3) is 0 Å². The van der Waals surface area contributed by atoms with Crippen LogP contribution in [0.2, 0.25) is 0 Å². The number of benzene rings is 3. The summed E-state index contributed by atoms with van der Waals surface area (Å²) in [5.74, 6) is -6.27. The van der Waals surface area contributed by atoms with Gasteiger partial charge in [0.1, 0.15) is 52.6 Å². The smallest absolute Gasteiger partial charge is 0.335 e. The van der Waals surface area contributed by atoms with Gasteiger partial charge in [0.15, 0.2) is 59.1 Å². The number of fused-ring (bicyclic) bond motifs is 1. The van der Waals surface area contributed by atoms with Crippen LogP contribution in [-0.2, 0) is 33.3 Å². The van der Waals surface area contributed by atoms with Crippen molar-refractivity contribution in [1.82, 2.24) is 0 Å². The molecule has 9 N–H and O–H groups in total. The minimum absolute atomic E-state index is 0.0432. The van der Waals surface area contributed by atoms with E-state index in [0.29, 0.717) is 5.56 Å². The number of carbonyl (C=O) groups is 3. The average Bonchev–Trinajstić information content (AvgIpc) is 3.19. The third-order valence-electron chi connectivity index (χ3n) is 9.24. The Morgan fingerprint density at radius 1 is 0.695 bits per heavy atom. The van der Waals surface area contributed by atoms with Crippen molar-refractivity contribution >= 4 is 35.0 Å². The number of aromatic hydroxyl groups is 3. The van der Waals surface area contributed by atoms with Gasteiger partial charge in [-0.15, -0.1) is 0 Å². The highest BCUT2D eigenvalue weighted by atomic mass is 16.8. The Balaban J connectivity index is 1.33. The summed E-state index contributed by atoms with van der Waals surface area (Å²) in [7, 11) is 2.59. The van der Waals surface area contributed by atoms with Crippen LogP contribution < -0.4 is 19.6 Å². The van der Waals surface area contributed by atoms with Crippen LogP contribution in [-0.4, -0.2) is 139 Å². The van der Waals surface area contributed by atoms with E-state index >= 15 is 0 Å². The summed E-state index contributed by atoms with van der Waals surface area (Å²) < 4.78 is 43.7. The molecule has 314 valence electrons. The van der Waals surface area contributed by atoms with E-state index in [1.165, 1.54) is 56.7 Å². The van der Waals surface area contributed by atoms with E-state index in [4.69, 9.17) is 37.6 Å². The number of carboxylic acids is 2. The lowest BCUT2D eigenvalue weighted by molar-refractivity contribution is -0.350. The zero-order chi connectivity index (χ0) is 42.9. The van der Waals surface area contributed by atoms with Crippen molar-refractivity contribution in [3.63, 3.8) is 0 Å². The van der Waals surface area contributed by atoms with Gasteiger partial charge in [0.05, 0.1) is 14.2 Å². The summed E-state index contributed by atoms with van der Waals surface area (Å²) in [4.78, 5) is 50.2. The molecule has 21 heteroatoms. The molecule has 0 unspecified atom stereocenters. The maximum Gasteiger partial charge on any atom is 0.335 e. The predicted molar refractivity (Wildman–Crippen MR) is 193 cm³/mol. The molecule has 3 heterocycles. The van der Waals surface area contributed by atoms with Gasteiger partial charge < -0.3 is 83.5 Å². The molecule has 0 bridgehead atoms. The number of aliphatic hydroxyl groups excluding tert-OH is 4. The SMILES string of the molecule is COc1cc(C=CC(=O)O[C@H]2[C@H](O[C@H]3[C@H](Oc4cc(O)c5c(=O)cc(-c6ccc(O)c(OC)c6)oc5c4)O[C@H](C(=O)O)[C@@H](O)[C@@H]3O)O[C@H](C(=O)O)[C@@H](O)[C@@H]2O)ccc1O. The number of methoxy groups -OCH3 is 2. The number of phenolic OH excluding ortho intramolecular Hbond substituents is 3. The maximum atomic E-state index is 13.1. The summed E-state index contributed by atoms with van der Waals surface area (Å²) in [6.07, 6.45) is -19.8. The number of rotatable bonds is 12. The molecule has 6 rings (SSSR count). The summed E-state index contributed by atoms with van der Waals surface area (Å²) in [5.41, 5.74) is -0.420. The second-order valence-electron chi connectivity index (χ2n) is 13.1. The quantitative estimate of drug-likeness (QED) is 0.0672. The molecule has 0 aliphatic carbocycles. The number of phenols is 3. The molecular formula is C38H36O21. The van der Waals surface area contributed by atoms with Gasteiger partial charge in [0, 0.05) is 29.8 Å². The first-order valence-corrected chi connectivity index (χ1v) is 17.3. The van der Waals surface area contributed by atoms with E-state index in [1.807, 2.05) is 0 Å². The number of ether oxygens (including phenoxy) is 7. The van der Waals surface area contributed by atoms with E-state index in [0.717, 1.165) is 24.3 Å². The molecule has 3 aromatic carbocycles. The molecule has 0 saturated carbocycles. The Morgan fingerprint density at radius 2 is 1.29 bits per heavy atom. The molecule has 2 aliphatic rings. The molecular weight excluding hydrogens is 792 g/mol. The molecule has 0 spiro atoms. The lowest BCUT2D eigenvalue weighted by atomic mass is 9.96. The normalized spacial score (nSPS) is 26.9. The fourth-order valence-corrected chi connectivity index (χ4v) is 6.27. The van der Waals surface area contributed by atoms with Crippen LogP contribution in [0.3, 0.4) is 0 Å². The molecule has 2 fully saturated rings. The Labute approximate surface area is 330 Å². The predicted octanol–water partition coefficient (Wildman–Crippen LogP) is 0.0458. The minimum atomic E-state index is -2.27. The zero-order valence-electron chi connectivity index (χ0n) is 30.5. The molecule has 2 aliphatic heterocycles.